The molecule has 4 rings (SSSR count). The number of aryl methyl sites for hydroxylation is 2. The molecule has 3 aromatic rings. The Hall–Kier alpha value is -2.82. The summed E-state index contributed by atoms with van der Waals surface area (Å²) in [4.78, 5) is 14.5. The van der Waals surface area contributed by atoms with Gasteiger partial charge in [-0.1, -0.05) is 18.2 Å². The van der Waals surface area contributed by atoms with Gasteiger partial charge in [-0.25, -0.2) is 9.18 Å². The largest absolute Gasteiger partial charge is 0.347 e. The number of nitrogens with zero attached hydrogens (tertiary/aromatic N) is 2. The first-order chi connectivity index (χ1) is 12.6. The first kappa shape index (κ1) is 16.6. The van der Waals surface area contributed by atoms with Gasteiger partial charge >= 0.3 is 6.03 Å². The molecule has 0 radical (unpaired) electrons. The number of hydrogen-bond donors (Lipinski definition) is 1. The van der Waals surface area contributed by atoms with Crippen LogP contribution in [-0.4, -0.2) is 22.0 Å². The lowest BCUT2D eigenvalue weighted by atomic mass is 10.1. The summed E-state index contributed by atoms with van der Waals surface area (Å²) in [7, 11) is 0. The van der Waals surface area contributed by atoms with E-state index >= 15 is 0 Å². The number of carbonyl (C=O) groups excluding carboxylic acids is 1. The number of rotatable bonds is 2. The van der Waals surface area contributed by atoms with Crippen molar-refractivity contribution < 1.29 is 9.18 Å². The second-order valence-corrected chi connectivity index (χ2v) is 6.82. The molecule has 2 aromatic carbocycles. The highest BCUT2D eigenvalue weighted by Crippen LogP contribution is 2.29. The molecule has 26 heavy (non-hydrogen) atoms. The van der Waals surface area contributed by atoms with Gasteiger partial charge in [-0.2, -0.15) is 0 Å². The predicted molar refractivity (Wildman–Crippen MR) is 102 cm³/mol. The van der Waals surface area contributed by atoms with E-state index in [1.807, 2.05) is 6.07 Å². The van der Waals surface area contributed by atoms with E-state index in [-0.39, 0.29) is 11.8 Å². The molecule has 0 saturated heterocycles. The second-order valence-electron chi connectivity index (χ2n) is 6.82. The Bertz CT molecular complexity index is 992. The Morgan fingerprint density at radius 3 is 2.85 bits per heavy atom. The van der Waals surface area contributed by atoms with Crippen LogP contribution in [0.1, 0.15) is 23.6 Å². The van der Waals surface area contributed by atoms with Gasteiger partial charge in [0.2, 0.25) is 0 Å². The number of hydrogen-bond acceptors (Lipinski definition) is 1. The standard InChI is InChI=1S/C21H22FN3O/c1-3-24-12-16-9-10-25(13-15-5-4-6-19(24)20(15)16)21(26)23-17-8-7-14(2)18(22)11-17/h4-8,11-12H,3,9-10,13H2,1-2H3,(H,23,26). The maximum atomic E-state index is 13.7. The van der Waals surface area contributed by atoms with Crippen LogP contribution >= 0.6 is 0 Å². The molecule has 0 atom stereocenters. The number of anilines is 1. The quantitative estimate of drug-likeness (QED) is 0.714. The van der Waals surface area contributed by atoms with Gasteiger partial charge < -0.3 is 14.8 Å². The van der Waals surface area contributed by atoms with E-state index in [1.54, 1.807) is 24.0 Å². The van der Waals surface area contributed by atoms with Crippen molar-refractivity contribution in [1.82, 2.24) is 9.47 Å². The van der Waals surface area contributed by atoms with Gasteiger partial charge in [-0.3, -0.25) is 0 Å². The first-order valence-corrected chi connectivity index (χ1v) is 8.98. The maximum Gasteiger partial charge on any atom is 0.322 e. The third kappa shape index (κ3) is 2.83. The average Bonchev–Trinajstić information content (AvgIpc) is 2.89. The van der Waals surface area contributed by atoms with Crippen molar-refractivity contribution in [2.45, 2.75) is 33.4 Å². The van der Waals surface area contributed by atoms with Crippen LogP contribution < -0.4 is 5.32 Å². The molecule has 2 amide bonds. The normalized spacial score (nSPS) is 13.7. The Morgan fingerprint density at radius 2 is 2.08 bits per heavy atom. The molecule has 0 spiro atoms. The highest BCUT2D eigenvalue weighted by atomic mass is 19.1. The molecule has 1 aliphatic heterocycles. The first-order valence-electron chi connectivity index (χ1n) is 8.98. The van der Waals surface area contributed by atoms with Crippen molar-refractivity contribution in [2.75, 3.05) is 11.9 Å². The Morgan fingerprint density at radius 1 is 1.23 bits per heavy atom. The molecule has 0 unspecified atom stereocenters. The molecule has 5 heteroatoms. The zero-order chi connectivity index (χ0) is 18.3. The molecule has 0 fully saturated rings. The molecule has 1 N–H and O–H groups in total. The molecule has 0 saturated carbocycles. The van der Waals surface area contributed by atoms with E-state index in [0.717, 1.165) is 18.5 Å². The summed E-state index contributed by atoms with van der Waals surface area (Å²) in [6, 6.07) is 10.8. The van der Waals surface area contributed by atoms with Gasteiger partial charge in [0.15, 0.2) is 0 Å². The van der Waals surface area contributed by atoms with Crippen molar-refractivity contribution in [2.24, 2.45) is 0 Å². The lowest BCUT2D eigenvalue weighted by Crippen LogP contribution is -2.35. The number of urea groups is 1. The lowest BCUT2D eigenvalue weighted by Gasteiger charge is -2.22. The summed E-state index contributed by atoms with van der Waals surface area (Å²) in [6.45, 7) is 5.97. The van der Waals surface area contributed by atoms with Gasteiger partial charge in [0.25, 0.3) is 0 Å². The minimum atomic E-state index is -0.312. The summed E-state index contributed by atoms with van der Waals surface area (Å²) >= 11 is 0. The van der Waals surface area contributed by atoms with Crippen LogP contribution in [0, 0.1) is 12.7 Å². The molecule has 134 valence electrons. The van der Waals surface area contributed by atoms with Crippen LogP contribution in [0.2, 0.25) is 0 Å². The second kappa shape index (κ2) is 6.48. The fourth-order valence-corrected chi connectivity index (χ4v) is 3.69. The van der Waals surface area contributed by atoms with Gasteiger partial charge in [0.05, 0.1) is 0 Å². The van der Waals surface area contributed by atoms with Crippen LogP contribution in [0.25, 0.3) is 10.9 Å². The minimum absolute atomic E-state index is 0.196. The van der Waals surface area contributed by atoms with E-state index in [0.29, 0.717) is 24.3 Å². The Labute approximate surface area is 152 Å². The smallest absolute Gasteiger partial charge is 0.322 e. The summed E-state index contributed by atoms with van der Waals surface area (Å²) in [5, 5.41) is 4.09. The SMILES string of the molecule is CCn1cc2c3c(cccc31)CN(C(=O)Nc1ccc(C)c(F)c1)CC2. The highest BCUT2D eigenvalue weighted by Gasteiger charge is 2.22. The molecular weight excluding hydrogens is 329 g/mol. The number of halogens is 1. The number of amides is 2. The minimum Gasteiger partial charge on any atom is -0.347 e. The van der Waals surface area contributed by atoms with Crippen molar-refractivity contribution in [3.63, 3.8) is 0 Å². The van der Waals surface area contributed by atoms with Crippen LogP contribution in [0.3, 0.4) is 0 Å². The van der Waals surface area contributed by atoms with Crippen LogP contribution in [0.5, 0.6) is 0 Å². The van der Waals surface area contributed by atoms with Crippen molar-refractivity contribution in [3.8, 4) is 0 Å². The van der Waals surface area contributed by atoms with E-state index in [9.17, 15) is 9.18 Å². The number of nitrogens with one attached hydrogen (secondary N) is 1. The van der Waals surface area contributed by atoms with Crippen LogP contribution in [0.15, 0.2) is 42.6 Å². The van der Waals surface area contributed by atoms with Gasteiger partial charge in [0.1, 0.15) is 5.82 Å². The predicted octanol–water partition coefficient (Wildman–Crippen LogP) is 4.70. The number of benzene rings is 2. The summed E-state index contributed by atoms with van der Waals surface area (Å²) in [5.74, 6) is -0.312. The Kier molecular flexibility index (Phi) is 4.15. The summed E-state index contributed by atoms with van der Waals surface area (Å²) in [5.41, 5.74) is 4.72. The van der Waals surface area contributed by atoms with Gasteiger partial charge in [-0.05, 0) is 55.2 Å². The summed E-state index contributed by atoms with van der Waals surface area (Å²) < 4.78 is 16.0. The maximum absolute atomic E-state index is 13.7. The molecule has 1 aromatic heterocycles. The zero-order valence-electron chi connectivity index (χ0n) is 15.1. The van der Waals surface area contributed by atoms with Gasteiger partial charge in [0, 0.05) is 42.4 Å². The fourth-order valence-electron chi connectivity index (χ4n) is 3.69. The lowest BCUT2D eigenvalue weighted by molar-refractivity contribution is 0.210. The van der Waals surface area contributed by atoms with Crippen LogP contribution in [-0.2, 0) is 19.5 Å². The number of aromatic nitrogens is 1. The molecule has 2 heterocycles. The third-order valence-corrected chi connectivity index (χ3v) is 5.13. The number of carbonyl (C=O) groups is 1. The van der Waals surface area contributed by atoms with Crippen molar-refractivity contribution in [3.05, 3.63) is 65.1 Å². The highest BCUT2D eigenvalue weighted by molar-refractivity contribution is 5.91. The molecule has 1 aliphatic rings. The van der Waals surface area contributed by atoms with E-state index < -0.39 is 0 Å². The van der Waals surface area contributed by atoms with Crippen LogP contribution in [0.4, 0.5) is 14.9 Å². The van der Waals surface area contributed by atoms with E-state index in [4.69, 9.17) is 0 Å². The zero-order valence-corrected chi connectivity index (χ0v) is 15.1. The van der Waals surface area contributed by atoms with Crippen molar-refractivity contribution in [1.29, 1.82) is 0 Å². The van der Waals surface area contributed by atoms with Crippen molar-refractivity contribution >= 4 is 22.6 Å². The monoisotopic (exact) mass is 351 g/mol. The molecule has 0 aliphatic carbocycles. The third-order valence-electron chi connectivity index (χ3n) is 5.13. The fraction of sp³-hybridized carbons (Fsp3) is 0.286. The molecule has 4 nitrogen and oxygen atoms in total. The molecule has 0 bridgehead atoms. The molecular formula is C21H22FN3O. The van der Waals surface area contributed by atoms with Gasteiger partial charge in [-0.15, -0.1) is 0 Å². The topological polar surface area (TPSA) is 37.3 Å². The average molecular weight is 351 g/mol. The van der Waals surface area contributed by atoms with E-state index in [1.165, 1.54) is 22.5 Å². The van der Waals surface area contributed by atoms with E-state index in [2.05, 4.69) is 35.1 Å². The summed E-state index contributed by atoms with van der Waals surface area (Å²) in [6.07, 6.45) is 3.01. The Balaban J connectivity index is 1.60.